The van der Waals surface area contributed by atoms with Crippen molar-refractivity contribution in [3.8, 4) is 5.75 Å². The van der Waals surface area contributed by atoms with Crippen LogP contribution < -0.4 is 15.0 Å². The van der Waals surface area contributed by atoms with Crippen LogP contribution in [0.3, 0.4) is 0 Å². The molecular weight excluding hydrogens is 380 g/mol. The molecule has 1 saturated heterocycles. The number of hydrogen-bond donors (Lipinski definition) is 2. The van der Waals surface area contributed by atoms with E-state index in [0.29, 0.717) is 13.2 Å². The van der Waals surface area contributed by atoms with Gasteiger partial charge in [0, 0.05) is 12.8 Å². The number of nitrogens with one attached hydrogen (secondary N) is 2. The molecule has 0 saturated carbocycles. The largest absolute Gasteiger partial charge is 0.497 e. The first-order valence-corrected chi connectivity index (χ1v) is 10.6. The Morgan fingerprint density at radius 2 is 1.67 bits per heavy atom. The normalized spacial score (nSPS) is 19.5. The molecule has 2 aromatic rings. The number of esters is 1. The van der Waals surface area contributed by atoms with E-state index in [1.165, 1.54) is 4.90 Å². The van der Waals surface area contributed by atoms with Crippen LogP contribution in [0.2, 0.25) is 0 Å². The number of ether oxygens (including phenoxy) is 2. The Balaban J connectivity index is 1.62. The second-order valence-electron chi connectivity index (χ2n) is 7.64. The summed E-state index contributed by atoms with van der Waals surface area (Å²) in [6.45, 7) is 4.25. The van der Waals surface area contributed by atoms with Gasteiger partial charge in [0.05, 0.1) is 38.8 Å². The van der Waals surface area contributed by atoms with Crippen LogP contribution in [0.25, 0.3) is 0 Å². The zero-order valence-corrected chi connectivity index (χ0v) is 17.7. The summed E-state index contributed by atoms with van der Waals surface area (Å²) in [7, 11) is 1.64. The molecule has 3 rings (SSSR count). The van der Waals surface area contributed by atoms with Crippen LogP contribution in [-0.4, -0.2) is 45.2 Å². The molecule has 30 heavy (non-hydrogen) atoms. The lowest BCUT2D eigenvalue weighted by atomic mass is 9.96. The third-order valence-corrected chi connectivity index (χ3v) is 5.61. The van der Waals surface area contributed by atoms with Gasteiger partial charge in [-0.25, -0.2) is 0 Å². The number of piperidine rings is 1. The highest BCUT2D eigenvalue weighted by Gasteiger charge is 2.30. The molecule has 0 aromatic heterocycles. The van der Waals surface area contributed by atoms with Gasteiger partial charge in [0.2, 0.25) is 0 Å². The lowest BCUT2D eigenvalue weighted by Crippen LogP contribution is -3.14. The number of rotatable bonds is 8. The van der Waals surface area contributed by atoms with Crippen molar-refractivity contribution in [3.63, 3.8) is 0 Å². The Labute approximate surface area is 178 Å². The highest BCUT2D eigenvalue weighted by molar-refractivity contribution is 5.78. The molecule has 0 aliphatic carbocycles. The topological polar surface area (TPSA) is 69.1 Å². The summed E-state index contributed by atoms with van der Waals surface area (Å²) in [5.74, 6) is 0.646. The molecule has 0 spiro atoms. The van der Waals surface area contributed by atoms with Crippen molar-refractivity contribution < 1.29 is 24.0 Å². The predicted octanol–water partition coefficient (Wildman–Crippen LogP) is 1.76. The quantitative estimate of drug-likeness (QED) is 0.650. The molecule has 6 nitrogen and oxygen atoms in total. The fraction of sp³-hybridized carbons (Fsp3) is 0.417. The minimum absolute atomic E-state index is 0.00394. The number of quaternary nitrogens is 1. The van der Waals surface area contributed by atoms with Crippen molar-refractivity contribution >= 4 is 11.9 Å². The molecule has 0 unspecified atom stereocenters. The van der Waals surface area contributed by atoms with Crippen LogP contribution in [0.4, 0.5) is 0 Å². The SMILES string of the molecule is CCOC(=O)C1CC[NH+](CC(=O)N[C@H](c2ccccc2)c2ccc(OC)cc2)CC1. The maximum atomic E-state index is 12.9. The molecule has 1 amide bonds. The van der Waals surface area contributed by atoms with E-state index in [1.807, 2.05) is 61.5 Å². The van der Waals surface area contributed by atoms with E-state index < -0.39 is 0 Å². The molecule has 1 aliphatic heterocycles. The molecule has 1 heterocycles. The standard InChI is InChI=1S/C24H30N2O4/c1-3-30-24(28)20-13-15-26(16-14-20)17-22(27)25-23(18-7-5-4-6-8-18)19-9-11-21(29-2)12-10-19/h4-12,20,23H,3,13-17H2,1-2H3,(H,25,27)/p+1/t23-/m1/s1. The van der Waals surface area contributed by atoms with Crippen LogP contribution in [0, 0.1) is 5.92 Å². The van der Waals surface area contributed by atoms with Crippen LogP contribution in [-0.2, 0) is 14.3 Å². The second-order valence-corrected chi connectivity index (χ2v) is 7.64. The highest BCUT2D eigenvalue weighted by Crippen LogP contribution is 2.24. The summed E-state index contributed by atoms with van der Waals surface area (Å²) in [5, 5.41) is 3.20. The first-order chi connectivity index (χ1) is 14.6. The smallest absolute Gasteiger partial charge is 0.309 e. The number of carbonyl (C=O) groups is 2. The molecule has 160 valence electrons. The van der Waals surface area contributed by atoms with E-state index >= 15 is 0 Å². The van der Waals surface area contributed by atoms with Gasteiger partial charge < -0.3 is 19.7 Å². The first-order valence-electron chi connectivity index (χ1n) is 10.6. The van der Waals surface area contributed by atoms with Gasteiger partial charge in [-0.1, -0.05) is 42.5 Å². The summed E-state index contributed by atoms with van der Waals surface area (Å²) in [4.78, 5) is 26.0. The Hall–Kier alpha value is -2.86. The van der Waals surface area contributed by atoms with Crippen LogP contribution in [0.5, 0.6) is 5.75 Å². The highest BCUT2D eigenvalue weighted by atomic mass is 16.5. The predicted molar refractivity (Wildman–Crippen MR) is 114 cm³/mol. The third-order valence-electron chi connectivity index (χ3n) is 5.61. The van der Waals surface area contributed by atoms with Crippen molar-refractivity contribution in [1.29, 1.82) is 0 Å². The molecule has 1 aliphatic rings. The molecule has 1 atom stereocenters. The molecule has 1 fully saturated rings. The Morgan fingerprint density at radius 1 is 1.03 bits per heavy atom. The summed E-state index contributed by atoms with van der Waals surface area (Å²) in [6, 6.07) is 17.5. The van der Waals surface area contributed by atoms with E-state index in [4.69, 9.17) is 9.47 Å². The van der Waals surface area contributed by atoms with Gasteiger partial charge in [0.1, 0.15) is 5.75 Å². The van der Waals surface area contributed by atoms with E-state index in [0.717, 1.165) is 42.8 Å². The lowest BCUT2D eigenvalue weighted by Gasteiger charge is -2.28. The van der Waals surface area contributed by atoms with E-state index in [-0.39, 0.29) is 23.8 Å². The van der Waals surface area contributed by atoms with E-state index in [9.17, 15) is 9.59 Å². The van der Waals surface area contributed by atoms with Crippen molar-refractivity contribution in [2.24, 2.45) is 5.92 Å². The fourth-order valence-corrected chi connectivity index (χ4v) is 3.94. The van der Waals surface area contributed by atoms with Crippen LogP contribution in [0.15, 0.2) is 54.6 Å². The van der Waals surface area contributed by atoms with E-state index in [2.05, 4.69) is 5.32 Å². The maximum absolute atomic E-state index is 12.9. The molecule has 2 N–H and O–H groups in total. The van der Waals surface area contributed by atoms with Crippen LogP contribution >= 0.6 is 0 Å². The molecule has 6 heteroatoms. The zero-order chi connectivity index (χ0) is 21.3. The second kappa shape index (κ2) is 10.8. The van der Waals surface area contributed by atoms with Gasteiger partial charge in [-0.3, -0.25) is 9.59 Å². The van der Waals surface area contributed by atoms with Crippen molar-refractivity contribution in [3.05, 3.63) is 65.7 Å². The maximum Gasteiger partial charge on any atom is 0.309 e. The van der Waals surface area contributed by atoms with Gasteiger partial charge >= 0.3 is 5.97 Å². The van der Waals surface area contributed by atoms with Gasteiger partial charge in [-0.2, -0.15) is 0 Å². The number of methoxy groups -OCH3 is 1. The van der Waals surface area contributed by atoms with E-state index in [1.54, 1.807) is 7.11 Å². The van der Waals surface area contributed by atoms with Gasteiger partial charge in [-0.05, 0) is 30.2 Å². The first kappa shape index (κ1) is 21.8. The number of amides is 1. The average molecular weight is 412 g/mol. The summed E-state index contributed by atoms with van der Waals surface area (Å²) in [5.41, 5.74) is 2.04. The number of benzene rings is 2. The molecule has 2 aromatic carbocycles. The number of hydrogen-bond acceptors (Lipinski definition) is 4. The Kier molecular flexibility index (Phi) is 7.85. The van der Waals surface area contributed by atoms with Gasteiger partial charge in [0.25, 0.3) is 5.91 Å². The average Bonchev–Trinajstić information content (AvgIpc) is 2.79. The molecule has 0 radical (unpaired) electrons. The zero-order valence-electron chi connectivity index (χ0n) is 17.7. The molecular formula is C24H31N2O4+. The van der Waals surface area contributed by atoms with Crippen LogP contribution in [0.1, 0.15) is 36.9 Å². The van der Waals surface area contributed by atoms with Crippen molar-refractivity contribution in [2.45, 2.75) is 25.8 Å². The van der Waals surface area contributed by atoms with Crippen molar-refractivity contribution in [2.75, 3.05) is 33.4 Å². The number of carbonyl (C=O) groups excluding carboxylic acids is 2. The summed E-state index contributed by atoms with van der Waals surface area (Å²) < 4.78 is 10.4. The van der Waals surface area contributed by atoms with Gasteiger partial charge in [0.15, 0.2) is 6.54 Å². The van der Waals surface area contributed by atoms with Gasteiger partial charge in [-0.15, -0.1) is 0 Å². The lowest BCUT2D eigenvalue weighted by molar-refractivity contribution is -0.897. The van der Waals surface area contributed by atoms with Crippen molar-refractivity contribution in [1.82, 2.24) is 5.32 Å². The molecule has 0 bridgehead atoms. The fourth-order valence-electron chi connectivity index (χ4n) is 3.94. The summed E-state index contributed by atoms with van der Waals surface area (Å²) >= 11 is 0. The number of likely N-dealkylation sites (tertiary alicyclic amines) is 1. The minimum atomic E-state index is -0.221. The summed E-state index contributed by atoms with van der Waals surface area (Å²) in [6.07, 6.45) is 1.53. The Morgan fingerprint density at radius 3 is 2.27 bits per heavy atom. The minimum Gasteiger partial charge on any atom is -0.497 e. The third kappa shape index (κ3) is 5.83. The monoisotopic (exact) mass is 411 g/mol. The Bertz CT molecular complexity index is 815.